The predicted molar refractivity (Wildman–Crippen MR) is 88.1 cm³/mol. The van der Waals surface area contributed by atoms with Crippen molar-refractivity contribution in [3.8, 4) is 11.1 Å². The highest BCUT2D eigenvalue weighted by Gasteiger charge is 2.25. The quantitative estimate of drug-likeness (QED) is 0.813. The molecule has 0 saturated carbocycles. The molecule has 0 bridgehead atoms. The monoisotopic (exact) mass is 330 g/mol. The first-order valence-electron chi connectivity index (χ1n) is 7.63. The second kappa shape index (κ2) is 7.73. The third-order valence-electron chi connectivity index (χ3n) is 3.71. The first kappa shape index (κ1) is 17.7. The lowest BCUT2D eigenvalue weighted by Gasteiger charge is -2.18. The minimum atomic E-state index is -1.08. The first-order chi connectivity index (χ1) is 11.4. The Morgan fingerprint density at radius 3 is 2.38 bits per heavy atom. The molecule has 24 heavy (non-hydrogen) atoms. The van der Waals surface area contributed by atoms with E-state index >= 15 is 0 Å². The molecular weight excluding hydrogens is 311 g/mol. The van der Waals surface area contributed by atoms with Gasteiger partial charge in [-0.3, -0.25) is 9.59 Å². The standard InChI is InChI=1S/C19H19FO4/c1-12(24-13(2)21)10-17(19(22)23)15-8-9-16(18(20)11-15)14-6-4-3-5-7-14/h3-9,11-12,17H,10H2,1-2H3,(H,22,23). The van der Waals surface area contributed by atoms with Crippen molar-refractivity contribution < 1.29 is 23.8 Å². The number of carboxylic acids is 1. The van der Waals surface area contributed by atoms with Crippen molar-refractivity contribution in [3.05, 3.63) is 59.9 Å². The van der Waals surface area contributed by atoms with Gasteiger partial charge in [0.05, 0.1) is 5.92 Å². The Bertz CT molecular complexity index is 727. The summed E-state index contributed by atoms with van der Waals surface area (Å²) in [5.41, 5.74) is 1.48. The fraction of sp³-hybridized carbons (Fsp3) is 0.263. The maximum absolute atomic E-state index is 14.4. The molecule has 0 aliphatic heterocycles. The van der Waals surface area contributed by atoms with Gasteiger partial charge >= 0.3 is 11.9 Å². The van der Waals surface area contributed by atoms with Crippen molar-refractivity contribution >= 4 is 11.9 Å². The summed E-state index contributed by atoms with van der Waals surface area (Å²) < 4.78 is 19.4. The van der Waals surface area contributed by atoms with Gasteiger partial charge in [0.15, 0.2) is 0 Å². The minimum absolute atomic E-state index is 0.0824. The molecule has 126 valence electrons. The van der Waals surface area contributed by atoms with E-state index in [-0.39, 0.29) is 6.42 Å². The number of rotatable bonds is 6. The zero-order valence-electron chi connectivity index (χ0n) is 13.5. The van der Waals surface area contributed by atoms with Crippen LogP contribution in [0.4, 0.5) is 4.39 Å². The smallest absolute Gasteiger partial charge is 0.311 e. The number of benzene rings is 2. The highest BCUT2D eigenvalue weighted by molar-refractivity contribution is 5.77. The second-order valence-corrected chi connectivity index (χ2v) is 5.65. The number of carboxylic acid groups (broad SMARTS) is 1. The Kier molecular flexibility index (Phi) is 5.68. The fourth-order valence-electron chi connectivity index (χ4n) is 2.64. The lowest BCUT2D eigenvalue weighted by atomic mass is 9.91. The summed E-state index contributed by atoms with van der Waals surface area (Å²) in [6.45, 7) is 2.88. The maximum Gasteiger partial charge on any atom is 0.311 e. The molecule has 2 aromatic rings. The van der Waals surface area contributed by atoms with Gasteiger partial charge in [-0.2, -0.15) is 0 Å². The summed E-state index contributed by atoms with van der Waals surface area (Å²) in [4.78, 5) is 22.5. The Hall–Kier alpha value is -2.69. The normalized spacial score (nSPS) is 13.1. The number of aliphatic carboxylic acids is 1. The van der Waals surface area contributed by atoms with Gasteiger partial charge < -0.3 is 9.84 Å². The van der Waals surface area contributed by atoms with E-state index in [1.807, 2.05) is 18.2 Å². The van der Waals surface area contributed by atoms with Gasteiger partial charge in [0, 0.05) is 18.9 Å². The molecule has 0 saturated heterocycles. The van der Waals surface area contributed by atoms with Crippen molar-refractivity contribution in [1.82, 2.24) is 0 Å². The third kappa shape index (κ3) is 4.41. The number of carbonyl (C=O) groups is 2. The molecule has 2 aromatic carbocycles. The summed E-state index contributed by atoms with van der Waals surface area (Å²) in [6, 6.07) is 13.4. The van der Waals surface area contributed by atoms with Crippen molar-refractivity contribution in [3.63, 3.8) is 0 Å². The van der Waals surface area contributed by atoms with E-state index in [1.165, 1.54) is 13.0 Å². The molecule has 0 aromatic heterocycles. The summed E-state index contributed by atoms with van der Waals surface area (Å²) in [6.07, 6.45) is -0.487. The van der Waals surface area contributed by atoms with Crippen LogP contribution in [0.25, 0.3) is 11.1 Å². The van der Waals surface area contributed by atoms with E-state index in [0.717, 1.165) is 5.56 Å². The van der Waals surface area contributed by atoms with Crippen LogP contribution >= 0.6 is 0 Å². The van der Waals surface area contributed by atoms with Crippen LogP contribution in [0.2, 0.25) is 0 Å². The van der Waals surface area contributed by atoms with Crippen molar-refractivity contribution in [2.75, 3.05) is 0 Å². The molecule has 1 N–H and O–H groups in total. The molecule has 0 aliphatic carbocycles. The van der Waals surface area contributed by atoms with Crippen LogP contribution < -0.4 is 0 Å². The van der Waals surface area contributed by atoms with Gasteiger partial charge in [0.25, 0.3) is 0 Å². The molecule has 4 nitrogen and oxygen atoms in total. The van der Waals surface area contributed by atoms with E-state index in [1.54, 1.807) is 31.2 Å². The third-order valence-corrected chi connectivity index (χ3v) is 3.71. The summed E-state index contributed by atoms with van der Waals surface area (Å²) in [5.74, 6) is -2.98. The number of ether oxygens (including phenoxy) is 1. The molecule has 2 atom stereocenters. The number of hydrogen-bond acceptors (Lipinski definition) is 3. The van der Waals surface area contributed by atoms with Crippen LogP contribution in [0.5, 0.6) is 0 Å². The largest absolute Gasteiger partial charge is 0.481 e. The van der Waals surface area contributed by atoms with E-state index < -0.39 is 29.8 Å². The Morgan fingerprint density at radius 2 is 1.83 bits per heavy atom. The number of esters is 1. The van der Waals surface area contributed by atoms with Gasteiger partial charge in [-0.1, -0.05) is 42.5 Å². The number of hydrogen-bond donors (Lipinski definition) is 1. The predicted octanol–water partition coefficient (Wildman–Crippen LogP) is 4.00. The first-order valence-corrected chi connectivity index (χ1v) is 7.63. The topological polar surface area (TPSA) is 63.6 Å². The second-order valence-electron chi connectivity index (χ2n) is 5.65. The van der Waals surface area contributed by atoms with Crippen LogP contribution in [0.15, 0.2) is 48.5 Å². The zero-order valence-corrected chi connectivity index (χ0v) is 13.5. The molecule has 2 unspecified atom stereocenters. The maximum atomic E-state index is 14.4. The number of carbonyl (C=O) groups excluding carboxylic acids is 1. The number of halogens is 1. The molecule has 0 aliphatic rings. The molecule has 0 radical (unpaired) electrons. The molecule has 2 rings (SSSR count). The van der Waals surface area contributed by atoms with Crippen LogP contribution in [0.3, 0.4) is 0 Å². The van der Waals surface area contributed by atoms with E-state index in [2.05, 4.69) is 0 Å². The average Bonchev–Trinajstić information content (AvgIpc) is 2.52. The molecular formula is C19H19FO4. The molecule has 0 spiro atoms. The van der Waals surface area contributed by atoms with Crippen molar-refractivity contribution in [2.45, 2.75) is 32.3 Å². The van der Waals surface area contributed by atoms with Crippen LogP contribution in [0.1, 0.15) is 31.7 Å². The minimum Gasteiger partial charge on any atom is -0.481 e. The van der Waals surface area contributed by atoms with Gasteiger partial charge in [-0.15, -0.1) is 0 Å². The van der Waals surface area contributed by atoms with Crippen LogP contribution in [-0.2, 0) is 14.3 Å². The Morgan fingerprint density at radius 1 is 1.17 bits per heavy atom. The average molecular weight is 330 g/mol. The fourth-order valence-corrected chi connectivity index (χ4v) is 2.64. The highest BCUT2D eigenvalue weighted by Crippen LogP contribution is 2.29. The summed E-state index contributed by atoms with van der Waals surface area (Å²) in [7, 11) is 0. The van der Waals surface area contributed by atoms with E-state index in [0.29, 0.717) is 11.1 Å². The lowest BCUT2D eigenvalue weighted by molar-refractivity contribution is -0.148. The lowest BCUT2D eigenvalue weighted by Crippen LogP contribution is -2.21. The molecule has 0 fully saturated rings. The molecule has 0 heterocycles. The van der Waals surface area contributed by atoms with Gasteiger partial charge in [-0.25, -0.2) is 4.39 Å². The van der Waals surface area contributed by atoms with Crippen LogP contribution in [-0.4, -0.2) is 23.1 Å². The molecule has 0 amide bonds. The van der Waals surface area contributed by atoms with Gasteiger partial charge in [-0.05, 0) is 24.1 Å². The highest BCUT2D eigenvalue weighted by atomic mass is 19.1. The van der Waals surface area contributed by atoms with Gasteiger partial charge in [0.2, 0.25) is 0 Å². The van der Waals surface area contributed by atoms with Crippen molar-refractivity contribution in [1.29, 1.82) is 0 Å². The molecule has 5 heteroatoms. The van der Waals surface area contributed by atoms with Crippen LogP contribution in [0, 0.1) is 5.82 Å². The Balaban J connectivity index is 2.27. The SMILES string of the molecule is CC(=O)OC(C)CC(C(=O)O)c1ccc(-c2ccccc2)c(F)c1. The van der Waals surface area contributed by atoms with E-state index in [4.69, 9.17) is 4.74 Å². The van der Waals surface area contributed by atoms with Crippen molar-refractivity contribution in [2.24, 2.45) is 0 Å². The summed E-state index contributed by atoms with van der Waals surface area (Å²) >= 11 is 0. The zero-order chi connectivity index (χ0) is 17.7. The summed E-state index contributed by atoms with van der Waals surface area (Å²) in [5, 5.41) is 9.42. The Labute approximate surface area is 139 Å². The van der Waals surface area contributed by atoms with E-state index in [9.17, 15) is 19.1 Å². The van der Waals surface area contributed by atoms with Gasteiger partial charge in [0.1, 0.15) is 11.9 Å².